The van der Waals surface area contributed by atoms with Gasteiger partial charge >= 0.3 is 0 Å². The second kappa shape index (κ2) is 7.97. The SMILES string of the molecule is O=[N+]([O-])c1ccc(NC2CCOc3ccccc32)c(S(=O)(=O)N2CCOCC2)c1. The molecule has 2 aromatic rings. The highest BCUT2D eigenvalue weighted by Crippen LogP contribution is 2.37. The van der Waals surface area contributed by atoms with Crippen LogP contribution in [0.5, 0.6) is 5.75 Å². The molecule has 0 saturated carbocycles. The third kappa shape index (κ3) is 3.91. The standard InChI is InChI=1S/C19H21N3O6S/c23-22(24)14-5-6-17(19(13-14)29(25,26)21-8-11-27-12-9-21)20-16-7-10-28-18-4-2-1-3-15(16)18/h1-6,13,16,20H,7-12H2. The molecule has 1 saturated heterocycles. The number of non-ortho nitro benzene ring substituents is 1. The molecular formula is C19H21N3O6S. The Kier molecular flexibility index (Phi) is 5.39. The number of para-hydroxylation sites is 1. The molecule has 0 aromatic heterocycles. The Bertz CT molecular complexity index is 1020. The first-order valence-electron chi connectivity index (χ1n) is 9.31. The highest BCUT2D eigenvalue weighted by atomic mass is 32.2. The number of anilines is 1. The van der Waals surface area contributed by atoms with Gasteiger partial charge in [-0.2, -0.15) is 4.31 Å². The maximum Gasteiger partial charge on any atom is 0.270 e. The molecule has 1 fully saturated rings. The van der Waals surface area contributed by atoms with Crippen LogP contribution in [-0.4, -0.2) is 50.6 Å². The van der Waals surface area contributed by atoms with Crippen LogP contribution in [0.2, 0.25) is 0 Å². The van der Waals surface area contributed by atoms with Gasteiger partial charge in [-0.05, 0) is 12.1 Å². The molecule has 0 amide bonds. The van der Waals surface area contributed by atoms with Gasteiger partial charge in [0.15, 0.2) is 0 Å². The van der Waals surface area contributed by atoms with Crippen molar-refractivity contribution in [2.45, 2.75) is 17.4 Å². The third-order valence-corrected chi connectivity index (χ3v) is 6.99. The zero-order chi connectivity index (χ0) is 20.4. The minimum Gasteiger partial charge on any atom is -0.493 e. The lowest BCUT2D eigenvalue weighted by Gasteiger charge is -2.30. The summed E-state index contributed by atoms with van der Waals surface area (Å²) in [6.45, 7) is 1.51. The molecule has 2 aliphatic heterocycles. The quantitative estimate of drug-likeness (QED) is 0.586. The van der Waals surface area contributed by atoms with Gasteiger partial charge in [-0.25, -0.2) is 8.42 Å². The van der Waals surface area contributed by atoms with E-state index in [-0.39, 0.29) is 29.7 Å². The highest BCUT2D eigenvalue weighted by Gasteiger charge is 2.31. The Balaban J connectivity index is 1.73. The molecule has 1 atom stereocenters. The van der Waals surface area contributed by atoms with E-state index in [1.807, 2.05) is 24.3 Å². The lowest BCUT2D eigenvalue weighted by molar-refractivity contribution is -0.385. The van der Waals surface area contributed by atoms with Gasteiger partial charge in [0.1, 0.15) is 10.6 Å². The fourth-order valence-corrected chi connectivity index (χ4v) is 5.15. The summed E-state index contributed by atoms with van der Waals surface area (Å²) in [5, 5.41) is 14.5. The van der Waals surface area contributed by atoms with Crippen molar-refractivity contribution in [1.29, 1.82) is 0 Å². The van der Waals surface area contributed by atoms with E-state index >= 15 is 0 Å². The van der Waals surface area contributed by atoms with E-state index in [1.165, 1.54) is 16.4 Å². The van der Waals surface area contributed by atoms with E-state index < -0.39 is 14.9 Å². The zero-order valence-electron chi connectivity index (χ0n) is 15.6. The molecule has 4 rings (SSSR count). The minimum atomic E-state index is -3.92. The normalized spacial score (nSPS) is 19.8. The van der Waals surface area contributed by atoms with Crippen molar-refractivity contribution in [2.75, 3.05) is 38.2 Å². The lowest BCUT2D eigenvalue weighted by Crippen LogP contribution is -2.40. The number of morpholine rings is 1. The maximum atomic E-state index is 13.3. The molecule has 2 heterocycles. The van der Waals surface area contributed by atoms with E-state index in [0.717, 1.165) is 17.4 Å². The fourth-order valence-electron chi connectivity index (χ4n) is 3.56. The van der Waals surface area contributed by atoms with Crippen LogP contribution in [0, 0.1) is 10.1 Å². The Morgan fingerprint density at radius 2 is 1.86 bits per heavy atom. The van der Waals surface area contributed by atoms with Crippen LogP contribution in [0.4, 0.5) is 11.4 Å². The van der Waals surface area contributed by atoms with Gasteiger partial charge in [0.25, 0.3) is 5.69 Å². The van der Waals surface area contributed by atoms with E-state index in [2.05, 4.69) is 5.32 Å². The predicted octanol–water partition coefficient (Wildman–Crippen LogP) is 2.55. The van der Waals surface area contributed by atoms with E-state index in [9.17, 15) is 18.5 Å². The number of ether oxygens (including phenoxy) is 2. The molecule has 10 heteroatoms. The Morgan fingerprint density at radius 1 is 1.10 bits per heavy atom. The van der Waals surface area contributed by atoms with Gasteiger partial charge in [0.05, 0.1) is 36.5 Å². The molecular weight excluding hydrogens is 398 g/mol. The van der Waals surface area contributed by atoms with Crippen molar-refractivity contribution in [3.8, 4) is 5.75 Å². The summed E-state index contributed by atoms with van der Waals surface area (Å²) in [4.78, 5) is 10.6. The number of nitrogens with one attached hydrogen (secondary N) is 1. The first kappa shape index (κ1) is 19.6. The van der Waals surface area contributed by atoms with Crippen molar-refractivity contribution in [3.05, 3.63) is 58.1 Å². The van der Waals surface area contributed by atoms with E-state index in [1.54, 1.807) is 0 Å². The largest absolute Gasteiger partial charge is 0.493 e. The molecule has 1 unspecified atom stereocenters. The van der Waals surface area contributed by atoms with Crippen molar-refractivity contribution >= 4 is 21.4 Å². The average Bonchev–Trinajstić information content (AvgIpc) is 2.74. The number of sulfonamides is 1. The van der Waals surface area contributed by atoms with Crippen LogP contribution >= 0.6 is 0 Å². The molecule has 1 N–H and O–H groups in total. The van der Waals surface area contributed by atoms with Crippen LogP contribution < -0.4 is 10.1 Å². The number of rotatable bonds is 5. The summed E-state index contributed by atoms with van der Waals surface area (Å²) in [5.41, 5.74) is 0.991. The molecule has 0 radical (unpaired) electrons. The van der Waals surface area contributed by atoms with Gasteiger partial charge < -0.3 is 14.8 Å². The van der Waals surface area contributed by atoms with Gasteiger partial charge in [0, 0.05) is 37.2 Å². The number of hydrogen-bond acceptors (Lipinski definition) is 7. The monoisotopic (exact) mass is 419 g/mol. The molecule has 9 nitrogen and oxygen atoms in total. The predicted molar refractivity (Wildman–Crippen MR) is 106 cm³/mol. The molecule has 0 bridgehead atoms. The van der Waals surface area contributed by atoms with Gasteiger partial charge in [-0.1, -0.05) is 18.2 Å². The van der Waals surface area contributed by atoms with Crippen LogP contribution in [0.15, 0.2) is 47.4 Å². The zero-order valence-corrected chi connectivity index (χ0v) is 16.4. The lowest BCUT2D eigenvalue weighted by atomic mass is 10.0. The van der Waals surface area contributed by atoms with Gasteiger partial charge in [0.2, 0.25) is 10.0 Å². The van der Waals surface area contributed by atoms with Crippen molar-refractivity contribution in [3.63, 3.8) is 0 Å². The summed E-state index contributed by atoms with van der Waals surface area (Å²) in [7, 11) is -3.92. The number of nitro groups is 1. The second-order valence-corrected chi connectivity index (χ2v) is 8.73. The maximum absolute atomic E-state index is 13.3. The van der Waals surface area contributed by atoms with Crippen LogP contribution in [0.3, 0.4) is 0 Å². The number of fused-ring (bicyclic) bond motifs is 1. The molecule has 0 aliphatic carbocycles. The molecule has 0 spiro atoms. The second-order valence-electron chi connectivity index (χ2n) is 6.83. The Labute approximate surface area is 168 Å². The van der Waals surface area contributed by atoms with Crippen molar-refractivity contribution in [1.82, 2.24) is 4.31 Å². The Hall–Kier alpha value is -2.69. The van der Waals surface area contributed by atoms with Crippen LogP contribution in [-0.2, 0) is 14.8 Å². The summed E-state index contributed by atoms with van der Waals surface area (Å²) < 4.78 is 38.7. The summed E-state index contributed by atoms with van der Waals surface area (Å²) in [5.74, 6) is 0.746. The number of benzene rings is 2. The molecule has 154 valence electrons. The van der Waals surface area contributed by atoms with E-state index in [0.29, 0.717) is 31.9 Å². The smallest absolute Gasteiger partial charge is 0.270 e. The average molecular weight is 419 g/mol. The molecule has 29 heavy (non-hydrogen) atoms. The number of hydrogen-bond donors (Lipinski definition) is 1. The summed E-state index contributed by atoms with van der Waals surface area (Å²) in [6.07, 6.45) is 0.644. The number of nitro benzene ring substituents is 1. The third-order valence-electron chi connectivity index (χ3n) is 5.05. The van der Waals surface area contributed by atoms with Gasteiger partial charge in [-0.15, -0.1) is 0 Å². The summed E-state index contributed by atoms with van der Waals surface area (Å²) >= 11 is 0. The summed E-state index contributed by atoms with van der Waals surface area (Å²) in [6, 6.07) is 11.3. The van der Waals surface area contributed by atoms with Crippen LogP contribution in [0.1, 0.15) is 18.0 Å². The molecule has 2 aromatic carbocycles. The van der Waals surface area contributed by atoms with E-state index in [4.69, 9.17) is 9.47 Å². The van der Waals surface area contributed by atoms with Crippen LogP contribution in [0.25, 0.3) is 0 Å². The Morgan fingerprint density at radius 3 is 2.62 bits per heavy atom. The van der Waals surface area contributed by atoms with Crippen molar-refractivity contribution in [2.24, 2.45) is 0 Å². The molecule has 2 aliphatic rings. The first-order valence-corrected chi connectivity index (χ1v) is 10.8. The topological polar surface area (TPSA) is 111 Å². The fraction of sp³-hybridized carbons (Fsp3) is 0.368. The minimum absolute atomic E-state index is 0.0995. The van der Waals surface area contributed by atoms with Crippen molar-refractivity contribution < 1.29 is 22.8 Å². The highest BCUT2D eigenvalue weighted by molar-refractivity contribution is 7.89. The number of nitrogens with zero attached hydrogens (tertiary/aromatic N) is 2. The first-order chi connectivity index (χ1) is 14.0. The van der Waals surface area contributed by atoms with Gasteiger partial charge in [-0.3, -0.25) is 10.1 Å².